The second kappa shape index (κ2) is 8.53. The van der Waals surface area contributed by atoms with Crippen LogP contribution in [0.25, 0.3) is 6.08 Å². The van der Waals surface area contributed by atoms with Crippen molar-refractivity contribution in [1.82, 2.24) is 0 Å². The monoisotopic (exact) mass is 323 g/mol. The molecule has 0 atom stereocenters. The number of rotatable bonds is 7. The Morgan fingerprint density at radius 2 is 2.04 bits per heavy atom. The fourth-order valence-electron chi connectivity index (χ4n) is 2.25. The van der Waals surface area contributed by atoms with E-state index in [-0.39, 0.29) is 18.2 Å². The van der Waals surface area contributed by atoms with Crippen LogP contribution in [0.15, 0.2) is 54.6 Å². The number of nitrogen functional groups attached to an aromatic ring is 1. The normalized spacial score (nSPS) is 10.5. The molecule has 2 aromatic carbocycles. The van der Waals surface area contributed by atoms with Crippen LogP contribution in [0.4, 0.5) is 5.69 Å². The van der Waals surface area contributed by atoms with Gasteiger partial charge in [0.2, 0.25) is 0 Å². The van der Waals surface area contributed by atoms with Crippen LogP contribution in [-0.4, -0.2) is 25.5 Å². The summed E-state index contributed by atoms with van der Waals surface area (Å²) in [6.45, 7) is 0.614. The van der Waals surface area contributed by atoms with Crippen LogP contribution in [-0.2, 0) is 16.0 Å². The molecule has 0 aliphatic heterocycles. The van der Waals surface area contributed by atoms with E-state index in [1.54, 1.807) is 6.07 Å². The Morgan fingerprint density at radius 3 is 2.79 bits per heavy atom. The van der Waals surface area contributed by atoms with Gasteiger partial charge in [-0.05, 0) is 23.3 Å². The number of methoxy groups -OCH3 is 1. The van der Waals surface area contributed by atoms with E-state index < -0.39 is 0 Å². The maximum atomic E-state index is 11.4. The molecule has 0 saturated heterocycles. The predicted molar refractivity (Wildman–Crippen MR) is 97.1 cm³/mol. The Hall–Kier alpha value is -3.08. The van der Waals surface area contributed by atoms with E-state index in [1.165, 1.54) is 7.11 Å². The number of amidine groups is 1. The van der Waals surface area contributed by atoms with E-state index >= 15 is 0 Å². The van der Waals surface area contributed by atoms with Gasteiger partial charge in [-0.1, -0.05) is 48.6 Å². The summed E-state index contributed by atoms with van der Waals surface area (Å²) in [5.41, 5.74) is 8.98. The van der Waals surface area contributed by atoms with Crippen molar-refractivity contribution in [2.45, 2.75) is 6.42 Å². The SMILES string of the molecule is COC(=O)Cc1ccccc1NCC=Cc1cccc(C(=N)N)c1. The van der Waals surface area contributed by atoms with Crippen LogP contribution in [0, 0.1) is 5.41 Å². The number of para-hydroxylation sites is 1. The molecule has 0 spiro atoms. The lowest BCUT2D eigenvalue weighted by atomic mass is 10.1. The molecule has 0 radical (unpaired) electrons. The second-order valence-corrected chi connectivity index (χ2v) is 5.23. The first-order chi connectivity index (χ1) is 11.6. The summed E-state index contributed by atoms with van der Waals surface area (Å²) in [4.78, 5) is 11.4. The van der Waals surface area contributed by atoms with Crippen molar-refractivity contribution in [2.24, 2.45) is 5.73 Å². The van der Waals surface area contributed by atoms with Gasteiger partial charge in [-0.3, -0.25) is 10.2 Å². The average Bonchev–Trinajstić information content (AvgIpc) is 2.60. The lowest BCUT2D eigenvalue weighted by Gasteiger charge is -2.09. The van der Waals surface area contributed by atoms with E-state index in [1.807, 2.05) is 54.6 Å². The first-order valence-corrected chi connectivity index (χ1v) is 7.59. The molecule has 0 aromatic heterocycles. The Labute approximate surface area is 141 Å². The molecule has 24 heavy (non-hydrogen) atoms. The molecule has 0 amide bonds. The van der Waals surface area contributed by atoms with Gasteiger partial charge in [0, 0.05) is 17.8 Å². The molecule has 0 saturated carbocycles. The zero-order chi connectivity index (χ0) is 17.4. The maximum Gasteiger partial charge on any atom is 0.310 e. The van der Waals surface area contributed by atoms with Crippen molar-refractivity contribution in [3.8, 4) is 0 Å². The fraction of sp³-hybridized carbons (Fsp3) is 0.158. The van der Waals surface area contributed by atoms with Gasteiger partial charge in [-0.15, -0.1) is 0 Å². The van der Waals surface area contributed by atoms with Crippen LogP contribution in [0.1, 0.15) is 16.7 Å². The molecule has 0 unspecified atom stereocenters. The van der Waals surface area contributed by atoms with Gasteiger partial charge in [0.15, 0.2) is 0 Å². The molecule has 2 rings (SSSR count). The number of hydrogen-bond donors (Lipinski definition) is 3. The average molecular weight is 323 g/mol. The Morgan fingerprint density at radius 1 is 1.25 bits per heavy atom. The number of anilines is 1. The van der Waals surface area contributed by atoms with Gasteiger partial charge in [0.05, 0.1) is 13.5 Å². The van der Waals surface area contributed by atoms with E-state index in [0.29, 0.717) is 12.1 Å². The number of carbonyl (C=O) groups excluding carboxylic acids is 1. The molecule has 5 nitrogen and oxygen atoms in total. The molecule has 0 bridgehead atoms. The number of carbonyl (C=O) groups is 1. The highest BCUT2D eigenvalue weighted by atomic mass is 16.5. The summed E-state index contributed by atoms with van der Waals surface area (Å²) < 4.78 is 4.71. The van der Waals surface area contributed by atoms with Crippen molar-refractivity contribution in [3.63, 3.8) is 0 Å². The van der Waals surface area contributed by atoms with Crippen molar-refractivity contribution in [1.29, 1.82) is 5.41 Å². The van der Waals surface area contributed by atoms with Crippen molar-refractivity contribution >= 4 is 23.6 Å². The third kappa shape index (κ3) is 4.98. The molecule has 124 valence electrons. The quantitative estimate of drug-likeness (QED) is 0.415. The van der Waals surface area contributed by atoms with Gasteiger partial charge in [-0.25, -0.2) is 0 Å². The number of benzene rings is 2. The van der Waals surface area contributed by atoms with Crippen molar-refractivity contribution in [2.75, 3.05) is 19.0 Å². The first-order valence-electron chi connectivity index (χ1n) is 7.59. The Bertz CT molecular complexity index is 754. The third-order valence-corrected chi connectivity index (χ3v) is 3.50. The minimum absolute atomic E-state index is 0.0557. The molecular formula is C19H21N3O2. The van der Waals surface area contributed by atoms with Crippen molar-refractivity contribution in [3.05, 3.63) is 71.3 Å². The first kappa shape index (κ1) is 17.3. The molecule has 0 heterocycles. The molecular weight excluding hydrogens is 302 g/mol. The zero-order valence-corrected chi connectivity index (χ0v) is 13.6. The topological polar surface area (TPSA) is 88.2 Å². The van der Waals surface area contributed by atoms with E-state index in [2.05, 4.69) is 5.32 Å². The third-order valence-electron chi connectivity index (χ3n) is 3.50. The van der Waals surface area contributed by atoms with Gasteiger partial charge in [0.1, 0.15) is 5.84 Å². The smallest absolute Gasteiger partial charge is 0.310 e. The molecule has 4 N–H and O–H groups in total. The molecule has 0 fully saturated rings. The highest BCUT2D eigenvalue weighted by Gasteiger charge is 2.06. The van der Waals surface area contributed by atoms with Crippen LogP contribution in [0.5, 0.6) is 0 Å². The number of nitrogens with two attached hydrogens (primary N) is 1. The Kier molecular flexibility index (Phi) is 6.14. The highest BCUT2D eigenvalue weighted by molar-refractivity contribution is 5.95. The lowest BCUT2D eigenvalue weighted by Crippen LogP contribution is -2.10. The summed E-state index contributed by atoms with van der Waals surface area (Å²) in [5, 5.41) is 10.7. The molecule has 5 heteroatoms. The molecule has 2 aromatic rings. The van der Waals surface area contributed by atoms with Gasteiger partial charge in [0.25, 0.3) is 0 Å². The summed E-state index contributed by atoms with van der Waals surface area (Å²) in [6, 6.07) is 15.1. The van der Waals surface area contributed by atoms with Crippen molar-refractivity contribution < 1.29 is 9.53 Å². The minimum atomic E-state index is -0.263. The van der Waals surface area contributed by atoms with E-state index in [0.717, 1.165) is 16.8 Å². The number of esters is 1. The number of hydrogen-bond acceptors (Lipinski definition) is 4. The minimum Gasteiger partial charge on any atom is -0.469 e. The number of nitrogens with one attached hydrogen (secondary N) is 2. The summed E-state index contributed by atoms with van der Waals surface area (Å²) in [5.74, 6) is -0.207. The fourth-order valence-corrected chi connectivity index (χ4v) is 2.25. The van der Waals surface area contributed by atoms with E-state index in [9.17, 15) is 4.79 Å². The zero-order valence-electron chi connectivity index (χ0n) is 13.6. The largest absolute Gasteiger partial charge is 0.469 e. The molecule has 0 aliphatic rings. The highest BCUT2D eigenvalue weighted by Crippen LogP contribution is 2.16. The van der Waals surface area contributed by atoms with Gasteiger partial charge < -0.3 is 15.8 Å². The summed E-state index contributed by atoms with van der Waals surface area (Å²) >= 11 is 0. The van der Waals surface area contributed by atoms with Crippen LogP contribution in [0.2, 0.25) is 0 Å². The summed E-state index contributed by atoms with van der Waals surface area (Å²) in [7, 11) is 1.39. The second-order valence-electron chi connectivity index (χ2n) is 5.23. The Balaban J connectivity index is 1.98. The lowest BCUT2D eigenvalue weighted by molar-refractivity contribution is -0.139. The predicted octanol–water partition coefficient (Wildman–Crippen LogP) is 2.81. The summed E-state index contributed by atoms with van der Waals surface area (Å²) in [6.07, 6.45) is 4.18. The van der Waals surface area contributed by atoms with Crippen LogP contribution < -0.4 is 11.1 Å². The number of ether oxygens (including phenoxy) is 1. The molecule has 0 aliphatic carbocycles. The van der Waals surface area contributed by atoms with E-state index in [4.69, 9.17) is 15.9 Å². The standard InChI is InChI=1S/C19H21N3O2/c1-24-18(23)13-15-8-2-3-10-17(15)22-11-5-7-14-6-4-9-16(12-14)19(20)21/h2-10,12,22H,11,13H2,1H3,(H3,20,21). The van der Waals surface area contributed by atoms with Crippen LogP contribution >= 0.6 is 0 Å². The van der Waals surface area contributed by atoms with Crippen LogP contribution in [0.3, 0.4) is 0 Å². The van der Waals surface area contributed by atoms with Gasteiger partial charge >= 0.3 is 5.97 Å². The maximum absolute atomic E-state index is 11.4. The van der Waals surface area contributed by atoms with Gasteiger partial charge in [-0.2, -0.15) is 0 Å².